The zero-order chi connectivity index (χ0) is 40.7. The van der Waals surface area contributed by atoms with Gasteiger partial charge in [0.25, 0.3) is 0 Å². The summed E-state index contributed by atoms with van der Waals surface area (Å²) >= 11 is 0. The van der Waals surface area contributed by atoms with E-state index in [1.165, 1.54) is 21.5 Å². The van der Waals surface area contributed by atoms with E-state index in [2.05, 4.69) is 196 Å². The molecule has 13 rings (SSSR count). The second-order valence-corrected chi connectivity index (χ2v) is 15.9. The number of fused-ring (bicyclic) bond motifs is 10. The maximum absolute atomic E-state index is 6.65. The van der Waals surface area contributed by atoms with Crippen molar-refractivity contribution in [2.24, 2.45) is 0 Å². The third-order valence-corrected chi connectivity index (χ3v) is 12.4. The Morgan fingerprint density at radius 3 is 1.56 bits per heavy atom. The summed E-state index contributed by atoms with van der Waals surface area (Å²) in [4.78, 5) is 0. The molecule has 0 radical (unpaired) electrons. The smallest absolute Gasteiger partial charge is 0.168 e. The predicted octanol–water partition coefficient (Wildman–Crippen LogP) is 14.4. The summed E-state index contributed by atoms with van der Waals surface area (Å²) in [5.41, 5.74) is 13.6. The Morgan fingerprint density at radius 2 is 0.823 bits per heavy atom. The minimum absolute atomic E-state index is 0.782. The van der Waals surface area contributed by atoms with Crippen molar-refractivity contribution >= 4 is 65.6 Å². The highest BCUT2D eigenvalue weighted by Gasteiger charge is 2.22. The highest BCUT2D eigenvalue weighted by Crippen LogP contribution is 2.41. The topological polar surface area (TPSA) is 53.7 Å². The van der Waals surface area contributed by atoms with Gasteiger partial charge >= 0.3 is 0 Å². The molecular weight excluding hydrogens is 759 g/mol. The summed E-state index contributed by atoms with van der Waals surface area (Å²) in [5.74, 6) is 1.58. The highest BCUT2D eigenvalue weighted by molar-refractivity contribution is 6.21. The second-order valence-electron chi connectivity index (χ2n) is 15.9. The number of aromatic nitrogens is 5. The van der Waals surface area contributed by atoms with Crippen LogP contribution in [0.2, 0.25) is 0 Å². The third-order valence-electron chi connectivity index (χ3n) is 12.4. The lowest BCUT2D eigenvalue weighted by Gasteiger charge is -2.13. The lowest BCUT2D eigenvalue weighted by Crippen LogP contribution is -2.00. The molecule has 0 N–H and O–H groups in total. The van der Waals surface area contributed by atoms with E-state index in [1.54, 1.807) is 0 Å². The second kappa shape index (κ2) is 13.5. The fraction of sp³-hybridized carbons (Fsp3) is 0. The van der Waals surface area contributed by atoms with E-state index in [-0.39, 0.29) is 0 Å². The van der Waals surface area contributed by atoms with Gasteiger partial charge in [0.05, 0.1) is 22.1 Å². The van der Waals surface area contributed by atoms with E-state index in [0.717, 1.165) is 95.0 Å². The van der Waals surface area contributed by atoms with Crippen molar-refractivity contribution in [1.82, 2.24) is 23.9 Å². The standard InChI is InChI=1S/C56H35N5O/c1-3-15-36(16-4-1)55-57-58-56(61(55)40-19-5-2-6-20-40)39-29-30-45-43-23-7-10-26-49(43)59(51(45)35-39)41-21-13-17-37(33-41)38-18-14-22-42(34-38)60-50-27-11-8-24-44(50)47-31-32-48-46-25-9-12-28-52(46)62-54(48)53(47)60/h1-35H. The van der Waals surface area contributed by atoms with Crippen molar-refractivity contribution < 1.29 is 4.42 Å². The van der Waals surface area contributed by atoms with Crippen LogP contribution < -0.4 is 0 Å². The van der Waals surface area contributed by atoms with Gasteiger partial charge in [-0.15, -0.1) is 10.2 Å². The molecule has 62 heavy (non-hydrogen) atoms. The molecule has 4 aromatic heterocycles. The van der Waals surface area contributed by atoms with Gasteiger partial charge in [-0.05, 0) is 77.9 Å². The Kier molecular flexibility index (Phi) is 7.50. The average Bonchev–Trinajstić information content (AvgIpc) is 4.12. The van der Waals surface area contributed by atoms with Crippen molar-refractivity contribution in [3.8, 4) is 51.0 Å². The van der Waals surface area contributed by atoms with Gasteiger partial charge in [0.15, 0.2) is 17.2 Å². The summed E-state index contributed by atoms with van der Waals surface area (Å²) in [6.07, 6.45) is 0. The molecule has 0 aliphatic heterocycles. The van der Waals surface area contributed by atoms with Crippen LogP contribution >= 0.6 is 0 Å². The molecule has 0 aliphatic carbocycles. The first kappa shape index (κ1) is 34.4. The maximum atomic E-state index is 6.65. The van der Waals surface area contributed by atoms with E-state index in [0.29, 0.717) is 0 Å². The van der Waals surface area contributed by atoms with Gasteiger partial charge in [0.1, 0.15) is 5.58 Å². The zero-order valence-corrected chi connectivity index (χ0v) is 33.4. The van der Waals surface area contributed by atoms with Crippen LogP contribution in [0.3, 0.4) is 0 Å². The molecule has 0 saturated carbocycles. The van der Waals surface area contributed by atoms with Gasteiger partial charge in [-0.2, -0.15) is 0 Å². The Balaban J connectivity index is 0.978. The third kappa shape index (κ3) is 5.17. The SMILES string of the molecule is c1ccc(-c2nnc(-c3ccc4c5ccccc5n(-c5cccc(-c6cccc(-n7c8ccccc8c8ccc9c%10ccccc%10oc9c87)c6)c5)c4c3)n2-c2ccccc2)cc1. The van der Waals surface area contributed by atoms with Gasteiger partial charge in [0, 0.05) is 60.5 Å². The summed E-state index contributed by atoms with van der Waals surface area (Å²) in [6.45, 7) is 0. The quantitative estimate of drug-likeness (QED) is 0.168. The molecule has 9 aromatic carbocycles. The summed E-state index contributed by atoms with van der Waals surface area (Å²) in [5, 5.41) is 16.6. The number of rotatable bonds is 6. The van der Waals surface area contributed by atoms with Gasteiger partial charge in [-0.3, -0.25) is 4.57 Å². The zero-order valence-electron chi connectivity index (χ0n) is 33.4. The molecule has 0 atom stereocenters. The minimum Gasteiger partial charge on any atom is -0.454 e. The summed E-state index contributed by atoms with van der Waals surface area (Å²) in [6, 6.07) is 75.1. The Hall–Kier alpha value is -8.48. The number of hydrogen-bond donors (Lipinski definition) is 0. The van der Waals surface area contributed by atoms with Crippen molar-refractivity contribution in [1.29, 1.82) is 0 Å². The number of benzene rings is 9. The molecule has 290 valence electrons. The fourth-order valence-corrected chi connectivity index (χ4v) is 9.60. The molecule has 13 aromatic rings. The molecule has 4 heterocycles. The molecular formula is C56H35N5O. The fourth-order valence-electron chi connectivity index (χ4n) is 9.60. The van der Waals surface area contributed by atoms with Crippen LogP contribution in [0, 0.1) is 0 Å². The number of nitrogens with zero attached hydrogens (tertiary/aromatic N) is 5. The summed E-state index contributed by atoms with van der Waals surface area (Å²) < 4.78 is 13.6. The molecule has 0 bridgehead atoms. The Morgan fingerprint density at radius 1 is 0.306 bits per heavy atom. The van der Waals surface area contributed by atoms with Crippen LogP contribution in [0.5, 0.6) is 0 Å². The van der Waals surface area contributed by atoms with E-state index in [1.807, 2.05) is 30.3 Å². The van der Waals surface area contributed by atoms with Crippen LogP contribution in [-0.4, -0.2) is 23.9 Å². The monoisotopic (exact) mass is 793 g/mol. The van der Waals surface area contributed by atoms with Gasteiger partial charge in [-0.1, -0.05) is 146 Å². The lowest BCUT2D eigenvalue weighted by molar-refractivity contribution is 0.671. The van der Waals surface area contributed by atoms with Crippen LogP contribution in [0.25, 0.3) is 117 Å². The van der Waals surface area contributed by atoms with E-state index >= 15 is 0 Å². The largest absolute Gasteiger partial charge is 0.454 e. The van der Waals surface area contributed by atoms with Crippen LogP contribution in [0.15, 0.2) is 217 Å². The van der Waals surface area contributed by atoms with Crippen LogP contribution in [-0.2, 0) is 0 Å². The van der Waals surface area contributed by atoms with Crippen LogP contribution in [0.1, 0.15) is 0 Å². The number of furan rings is 1. The molecule has 6 heteroatoms. The molecule has 0 fully saturated rings. The summed E-state index contributed by atoms with van der Waals surface area (Å²) in [7, 11) is 0. The van der Waals surface area contributed by atoms with Crippen LogP contribution in [0.4, 0.5) is 0 Å². The van der Waals surface area contributed by atoms with E-state index in [4.69, 9.17) is 14.6 Å². The molecule has 0 unspecified atom stereocenters. The first-order valence-electron chi connectivity index (χ1n) is 20.9. The van der Waals surface area contributed by atoms with E-state index in [9.17, 15) is 0 Å². The van der Waals surface area contributed by atoms with Gasteiger partial charge in [0.2, 0.25) is 0 Å². The molecule has 0 amide bonds. The Bertz CT molecular complexity index is 3870. The van der Waals surface area contributed by atoms with E-state index < -0.39 is 0 Å². The molecule has 0 aliphatic rings. The molecule has 0 spiro atoms. The highest BCUT2D eigenvalue weighted by atomic mass is 16.3. The molecule has 0 saturated heterocycles. The first-order valence-corrected chi connectivity index (χ1v) is 20.9. The molecule has 6 nitrogen and oxygen atoms in total. The van der Waals surface area contributed by atoms with Crippen molar-refractivity contribution in [2.75, 3.05) is 0 Å². The minimum atomic E-state index is 0.782. The predicted molar refractivity (Wildman–Crippen MR) is 254 cm³/mol. The van der Waals surface area contributed by atoms with Crippen molar-refractivity contribution in [3.05, 3.63) is 212 Å². The normalized spacial score (nSPS) is 11.9. The van der Waals surface area contributed by atoms with Gasteiger partial charge in [-0.25, -0.2) is 0 Å². The first-order chi connectivity index (χ1) is 30.8. The lowest BCUT2D eigenvalue weighted by atomic mass is 10.0. The van der Waals surface area contributed by atoms with Crippen molar-refractivity contribution in [2.45, 2.75) is 0 Å². The van der Waals surface area contributed by atoms with Crippen molar-refractivity contribution in [3.63, 3.8) is 0 Å². The maximum Gasteiger partial charge on any atom is 0.168 e. The van der Waals surface area contributed by atoms with Gasteiger partial charge < -0.3 is 13.6 Å². The Labute approximate surface area is 355 Å². The number of para-hydroxylation sites is 4. The number of hydrogen-bond acceptors (Lipinski definition) is 3. The average molecular weight is 794 g/mol.